The van der Waals surface area contributed by atoms with Crippen molar-refractivity contribution in [2.45, 2.75) is 46.4 Å². The van der Waals surface area contributed by atoms with E-state index < -0.39 is 0 Å². The summed E-state index contributed by atoms with van der Waals surface area (Å²) in [6.45, 7) is 9.31. The molecule has 0 bridgehead atoms. The molecule has 0 aliphatic heterocycles. The monoisotopic (exact) mass is 503 g/mol. The van der Waals surface area contributed by atoms with Gasteiger partial charge >= 0.3 is 0 Å². The largest absolute Gasteiger partial charge is 0.490 e. The molecule has 0 fully saturated rings. The van der Waals surface area contributed by atoms with E-state index in [0.717, 1.165) is 41.7 Å². The van der Waals surface area contributed by atoms with Crippen LogP contribution in [0.3, 0.4) is 0 Å². The fourth-order valence-corrected chi connectivity index (χ4v) is 3.73. The van der Waals surface area contributed by atoms with Crippen molar-refractivity contribution in [2.24, 2.45) is 0 Å². The average molecular weight is 505 g/mol. The van der Waals surface area contributed by atoms with Crippen molar-refractivity contribution in [2.75, 3.05) is 19.8 Å². The van der Waals surface area contributed by atoms with Crippen molar-refractivity contribution >= 4 is 39.1 Å². The van der Waals surface area contributed by atoms with E-state index in [4.69, 9.17) is 37.4 Å². The molecular formula is C22H28BrCl2NO3. The Morgan fingerprint density at radius 3 is 2.59 bits per heavy atom. The molecule has 160 valence electrons. The molecule has 2 rings (SSSR count). The van der Waals surface area contributed by atoms with E-state index >= 15 is 0 Å². The van der Waals surface area contributed by atoms with Gasteiger partial charge in [0.2, 0.25) is 0 Å². The number of ether oxygens (including phenoxy) is 3. The molecule has 0 unspecified atom stereocenters. The molecule has 2 aromatic rings. The zero-order chi connectivity index (χ0) is 21.2. The third kappa shape index (κ3) is 8.35. The fourth-order valence-electron chi connectivity index (χ4n) is 2.66. The summed E-state index contributed by atoms with van der Waals surface area (Å²) < 4.78 is 18.2. The molecule has 0 amide bonds. The lowest BCUT2D eigenvalue weighted by Gasteiger charge is -2.16. The molecule has 0 saturated heterocycles. The summed E-state index contributed by atoms with van der Waals surface area (Å²) in [5.41, 5.74) is 1.97. The minimum Gasteiger partial charge on any atom is -0.490 e. The van der Waals surface area contributed by atoms with Crippen LogP contribution in [0.25, 0.3) is 0 Å². The molecule has 7 heteroatoms. The summed E-state index contributed by atoms with van der Waals surface area (Å²) in [4.78, 5) is 0. The predicted molar refractivity (Wildman–Crippen MR) is 124 cm³/mol. The molecule has 0 saturated carbocycles. The lowest BCUT2D eigenvalue weighted by molar-refractivity contribution is 0.0770. The number of hydrogen-bond donors (Lipinski definition) is 1. The van der Waals surface area contributed by atoms with Gasteiger partial charge in [0.05, 0.1) is 17.2 Å². The van der Waals surface area contributed by atoms with Gasteiger partial charge in [0, 0.05) is 28.8 Å². The standard InChI is InChI=1S/C22H28BrCl2NO3/c1-4-27-21-11-16(13-26-8-5-9-28-15(2)3)10-19(23)22(21)29-14-17-6-7-18(24)12-20(17)25/h6-7,10-12,15,26H,4-5,8-9,13-14H2,1-3H3. The second kappa shape index (κ2) is 12.7. The van der Waals surface area contributed by atoms with Crippen molar-refractivity contribution in [3.8, 4) is 11.5 Å². The normalized spacial score (nSPS) is 11.1. The molecular weight excluding hydrogens is 477 g/mol. The minimum absolute atomic E-state index is 0.273. The molecule has 0 aromatic heterocycles. The Morgan fingerprint density at radius 1 is 1.10 bits per heavy atom. The van der Waals surface area contributed by atoms with Gasteiger partial charge in [0.15, 0.2) is 11.5 Å². The molecule has 4 nitrogen and oxygen atoms in total. The van der Waals surface area contributed by atoms with Gasteiger partial charge in [0.1, 0.15) is 6.61 Å². The highest BCUT2D eigenvalue weighted by Gasteiger charge is 2.13. The Labute approximate surface area is 192 Å². The van der Waals surface area contributed by atoms with E-state index in [1.54, 1.807) is 12.1 Å². The van der Waals surface area contributed by atoms with Gasteiger partial charge in [-0.1, -0.05) is 29.3 Å². The zero-order valence-corrected chi connectivity index (χ0v) is 20.2. The summed E-state index contributed by atoms with van der Waals surface area (Å²) in [7, 11) is 0. The van der Waals surface area contributed by atoms with E-state index in [9.17, 15) is 0 Å². The Balaban J connectivity index is 1.99. The summed E-state index contributed by atoms with van der Waals surface area (Å²) >= 11 is 15.8. The van der Waals surface area contributed by atoms with Crippen LogP contribution in [0.4, 0.5) is 0 Å². The van der Waals surface area contributed by atoms with Crippen LogP contribution in [0, 0.1) is 0 Å². The molecule has 0 aliphatic rings. The second-order valence-electron chi connectivity index (χ2n) is 6.81. The summed E-state index contributed by atoms with van der Waals surface area (Å²) in [5.74, 6) is 1.36. The SMILES string of the molecule is CCOc1cc(CNCCCOC(C)C)cc(Br)c1OCc1ccc(Cl)cc1Cl. The van der Waals surface area contributed by atoms with Crippen molar-refractivity contribution in [3.05, 3.63) is 56.0 Å². The van der Waals surface area contributed by atoms with Crippen LogP contribution < -0.4 is 14.8 Å². The van der Waals surface area contributed by atoms with E-state index in [1.807, 2.05) is 39.0 Å². The summed E-state index contributed by atoms with van der Waals surface area (Å²) in [5, 5.41) is 4.61. The first kappa shape index (κ1) is 24.3. The van der Waals surface area contributed by atoms with Gasteiger partial charge in [-0.25, -0.2) is 0 Å². The Bertz CT molecular complexity index is 787. The first-order chi connectivity index (χ1) is 13.9. The minimum atomic E-state index is 0.273. The highest BCUT2D eigenvalue weighted by molar-refractivity contribution is 9.10. The molecule has 29 heavy (non-hydrogen) atoms. The molecule has 0 aliphatic carbocycles. The molecule has 0 spiro atoms. The van der Waals surface area contributed by atoms with Gasteiger partial charge in [-0.3, -0.25) is 0 Å². The van der Waals surface area contributed by atoms with Crippen molar-refractivity contribution in [1.29, 1.82) is 0 Å². The Kier molecular flexibility index (Phi) is 10.6. The highest BCUT2D eigenvalue weighted by atomic mass is 79.9. The van der Waals surface area contributed by atoms with Crippen LogP contribution in [0.1, 0.15) is 38.3 Å². The van der Waals surface area contributed by atoms with Gasteiger partial charge in [-0.2, -0.15) is 0 Å². The van der Waals surface area contributed by atoms with Crippen LogP contribution in [0.5, 0.6) is 11.5 Å². The lowest BCUT2D eigenvalue weighted by atomic mass is 10.2. The molecule has 0 heterocycles. The van der Waals surface area contributed by atoms with E-state index in [2.05, 4.69) is 21.2 Å². The van der Waals surface area contributed by atoms with Gasteiger partial charge in [0.25, 0.3) is 0 Å². The number of hydrogen-bond acceptors (Lipinski definition) is 4. The average Bonchev–Trinajstić information content (AvgIpc) is 2.65. The van der Waals surface area contributed by atoms with Gasteiger partial charge in [-0.05, 0) is 79.5 Å². The third-order valence-electron chi connectivity index (χ3n) is 4.03. The maximum atomic E-state index is 6.25. The van der Waals surface area contributed by atoms with Crippen LogP contribution in [0.2, 0.25) is 10.0 Å². The third-order valence-corrected chi connectivity index (χ3v) is 5.21. The smallest absolute Gasteiger partial charge is 0.175 e. The first-order valence-corrected chi connectivity index (χ1v) is 11.3. The summed E-state index contributed by atoms with van der Waals surface area (Å²) in [6.07, 6.45) is 1.25. The lowest BCUT2D eigenvalue weighted by Crippen LogP contribution is -2.17. The van der Waals surface area contributed by atoms with Crippen LogP contribution in [0.15, 0.2) is 34.8 Å². The van der Waals surface area contributed by atoms with E-state index in [-0.39, 0.29) is 6.10 Å². The van der Waals surface area contributed by atoms with Crippen LogP contribution in [-0.4, -0.2) is 25.9 Å². The quantitative estimate of drug-likeness (QED) is 0.329. The number of nitrogens with one attached hydrogen (secondary N) is 1. The van der Waals surface area contributed by atoms with Gasteiger partial charge in [-0.15, -0.1) is 0 Å². The summed E-state index contributed by atoms with van der Waals surface area (Å²) in [6, 6.07) is 9.41. The first-order valence-electron chi connectivity index (χ1n) is 9.75. The van der Waals surface area contributed by atoms with Crippen LogP contribution >= 0.6 is 39.1 Å². The topological polar surface area (TPSA) is 39.7 Å². The van der Waals surface area contributed by atoms with Crippen LogP contribution in [-0.2, 0) is 17.9 Å². The molecule has 0 atom stereocenters. The van der Waals surface area contributed by atoms with Crippen molar-refractivity contribution < 1.29 is 14.2 Å². The van der Waals surface area contributed by atoms with Gasteiger partial charge < -0.3 is 19.5 Å². The fraction of sp³-hybridized carbons (Fsp3) is 0.455. The number of benzene rings is 2. The molecule has 2 aromatic carbocycles. The second-order valence-corrected chi connectivity index (χ2v) is 8.51. The Morgan fingerprint density at radius 2 is 1.90 bits per heavy atom. The predicted octanol–water partition coefficient (Wildman–Crippen LogP) is 6.64. The zero-order valence-electron chi connectivity index (χ0n) is 17.1. The molecule has 0 radical (unpaired) electrons. The van der Waals surface area contributed by atoms with Crippen molar-refractivity contribution in [1.82, 2.24) is 5.32 Å². The Hall–Kier alpha value is -0.980. The maximum absolute atomic E-state index is 6.25. The number of rotatable bonds is 12. The maximum Gasteiger partial charge on any atom is 0.175 e. The van der Waals surface area contributed by atoms with E-state index in [1.165, 1.54) is 0 Å². The number of halogens is 3. The molecule has 1 N–H and O–H groups in total. The van der Waals surface area contributed by atoms with Crippen molar-refractivity contribution in [3.63, 3.8) is 0 Å². The van der Waals surface area contributed by atoms with E-state index in [0.29, 0.717) is 34.8 Å². The highest BCUT2D eigenvalue weighted by Crippen LogP contribution is 2.38.